The summed E-state index contributed by atoms with van der Waals surface area (Å²) in [6.45, 7) is 2.36. The fraction of sp³-hybridized carbons (Fsp3) is 0.207. The lowest BCUT2D eigenvalue weighted by Gasteiger charge is -2.26. The molecule has 0 spiro atoms. The molecule has 0 aliphatic carbocycles. The highest BCUT2D eigenvalue weighted by atomic mass is 35.5. The molecular weight excluding hydrogens is 511 g/mol. The Balaban J connectivity index is 1.26. The monoisotopic (exact) mass is 534 g/mol. The van der Waals surface area contributed by atoms with Crippen LogP contribution in [0.4, 0.5) is 0 Å². The summed E-state index contributed by atoms with van der Waals surface area (Å²) in [7, 11) is 0. The number of furan rings is 1. The van der Waals surface area contributed by atoms with Gasteiger partial charge >= 0.3 is 0 Å². The number of hydrogen-bond acceptors (Lipinski definition) is 5. The summed E-state index contributed by atoms with van der Waals surface area (Å²) < 4.78 is 11.3. The molecule has 6 nitrogen and oxygen atoms in total. The summed E-state index contributed by atoms with van der Waals surface area (Å²) in [6, 6.07) is 16.8. The molecule has 0 N–H and O–H groups in total. The van der Waals surface area contributed by atoms with Crippen molar-refractivity contribution < 1.29 is 18.7 Å². The smallest absolute Gasteiger partial charge is 0.254 e. The maximum atomic E-state index is 12.7. The van der Waals surface area contributed by atoms with E-state index in [0.29, 0.717) is 66.2 Å². The van der Waals surface area contributed by atoms with Crippen LogP contribution >= 0.6 is 23.2 Å². The van der Waals surface area contributed by atoms with Crippen LogP contribution in [0.3, 0.4) is 0 Å². The third kappa shape index (κ3) is 6.10. The number of halogens is 2. The molecular formula is C29H24Cl2N2O4. The molecule has 8 heteroatoms. The minimum Gasteiger partial charge on any atom is -0.459 e. The third-order valence-corrected chi connectivity index (χ3v) is 6.72. The Kier molecular flexibility index (Phi) is 7.70. The molecule has 0 bridgehead atoms. The lowest BCUT2D eigenvalue weighted by atomic mass is 10.0. The minimum absolute atomic E-state index is 0.0111. The van der Waals surface area contributed by atoms with Gasteiger partial charge in [0.15, 0.2) is 11.4 Å². The minimum atomic E-state index is -0.0195. The first kappa shape index (κ1) is 25.2. The van der Waals surface area contributed by atoms with E-state index in [2.05, 4.69) is 4.98 Å². The average Bonchev–Trinajstić information content (AvgIpc) is 3.35. The van der Waals surface area contributed by atoms with Crippen molar-refractivity contribution in [1.82, 2.24) is 9.88 Å². The van der Waals surface area contributed by atoms with Gasteiger partial charge in [-0.15, -0.1) is 0 Å². The zero-order valence-corrected chi connectivity index (χ0v) is 21.5. The van der Waals surface area contributed by atoms with E-state index in [9.17, 15) is 9.59 Å². The van der Waals surface area contributed by atoms with Crippen LogP contribution in [0.15, 0.2) is 71.3 Å². The Bertz CT molecular complexity index is 1450. The molecule has 3 heterocycles. The Morgan fingerprint density at radius 3 is 2.49 bits per heavy atom. The Morgan fingerprint density at radius 2 is 1.76 bits per heavy atom. The number of benzene rings is 2. The summed E-state index contributed by atoms with van der Waals surface area (Å²) in [5, 5.41) is 1.76. The van der Waals surface area contributed by atoms with Gasteiger partial charge in [0, 0.05) is 43.1 Å². The zero-order valence-electron chi connectivity index (χ0n) is 20.0. The predicted octanol–water partition coefficient (Wildman–Crippen LogP) is 6.49. The number of hydrogen-bond donors (Lipinski definition) is 0. The molecule has 1 aliphatic rings. The topological polar surface area (TPSA) is 72.6 Å². The lowest BCUT2D eigenvalue weighted by Crippen LogP contribution is -2.40. The van der Waals surface area contributed by atoms with Gasteiger partial charge in [-0.3, -0.25) is 9.59 Å². The first-order valence-corrected chi connectivity index (χ1v) is 12.7. The fourth-order valence-electron chi connectivity index (χ4n) is 4.21. The first-order chi connectivity index (χ1) is 18.0. The fourth-order valence-corrected chi connectivity index (χ4v) is 4.59. The number of morpholine rings is 1. The van der Waals surface area contributed by atoms with Crippen molar-refractivity contribution in [2.75, 3.05) is 26.3 Å². The summed E-state index contributed by atoms with van der Waals surface area (Å²) in [4.78, 5) is 30.8. The molecule has 188 valence electrons. The van der Waals surface area contributed by atoms with E-state index in [1.54, 1.807) is 24.4 Å². The normalized spacial score (nSPS) is 13.9. The number of ether oxygens (including phenoxy) is 1. The molecule has 2 aromatic carbocycles. The van der Waals surface area contributed by atoms with Gasteiger partial charge in [0.25, 0.3) is 5.91 Å². The van der Waals surface area contributed by atoms with Crippen molar-refractivity contribution in [3.8, 4) is 11.1 Å². The maximum Gasteiger partial charge on any atom is 0.254 e. The van der Waals surface area contributed by atoms with Gasteiger partial charge in [-0.1, -0.05) is 41.4 Å². The molecule has 1 saturated heterocycles. The molecule has 1 amide bonds. The van der Waals surface area contributed by atoms with Crippen molar-refractivity contribution in [2.45, 2.75) is 12.8 Å². The molecule has 0 saturated carbocycles. The van der Waals surface area contributed by atoms with Gasteiger partial charge < -0.3 is 14.1 Å². The van der Waals surface area contributed by atoms with Crippen LogP contribution in [0.25, 0.3) is 28.2 Å². The number of aromatic nitrogens is 1. The number of aryl methyl sites for hydroxylation is 1. The number of ketones is 1. The van der Waals surface area contributed by atoms with Crippen LogP contribution in [0.5, 0.6) is 0 Å². The molecule has 2 aromatic heterocycles. The highest BCUT2D eigenvalue weighted by Gasteiger charge is 2.18. The molecule has 0 radical (unpaired) electrons. The Labute approximate surface area is 224 Å². The Hall–Kier alpha value is -3.45. The number of carbonyl (C=O) groups is 2. The number of rotatable bonds is 7. The second-order valence-corrected chi connectivity index (χ2v) is 9.58. The third-order valence-electron chi connectivity index (χ3n) is 6.22. The number of nitrogens with zero attached hydrogens (tertiary/aromatic N) is 2. The SMILES string of the molecule is O=C(/C=C/c1ccc(Cl)nc1)CCc1cc2cc(-c3ccc(C(=O)N4CCOCC4)cc3)cc(Cl)c2o1. The van der Waals surface area contributed by atoms with Crippen molar-refractivity contribution in [2.24, 2.45) is 0 Å². The molecule has 0 unspecified atom stereocenters. The van der Waals surface area contributed by atoms with Gasteiger partial charge in [-0.05, 0) is 65.2 Å². The van der Waals surface area contributed by atoms with Crippen LogP contribution in [-0.4, -0.2) is 47.9 Å². The summed E-state index contributed by atoms with van der Waals surface area (Å²) >= 11 is 12.3. The largest absolute Gasteiger partial charge is 0.459 e. The predicted molar refractivity (Wildman–Crippen MR) is 145 cm³/mol. The van der Waals surface area contributed by atoms with E-state index in [1.807, 2.05) is 47.4 Å². The van der Waals surface area contributed by atoms with Gasteiger partial charge in [0.1, 0.15) is 10.9 Å². The standard InChI is InChI=1S/C29H24Cl2N2O4/c30-26-17-22(20-3-5-21(6-4-20)29(35)33-11-13-36-14-12-33)15-23-16-25(37-28(23)26)9-8-24(34)7-1-19-2-10-27(31)32-18-19/h1-7,10,15-18H,8-9,11-14H2/b7-1+. The van der Waals surface area contributed by atoms with Gasteiger partial charge in [0.2, 0.25) is 0 Å². The molecule has 1 aliphatic heterocycles. The van der Waals surface area contributed by atoms with Gasteiger partial charge in [0.05, 0.1) is 18.2 Å². The first-order valence-electron chi connectivity index (χ1n) is 12.0. The molecule has 5 rings (SSSR count). The summed E-state index contributed by atoms with van der Waals surface area (Å²) in [5.41, 5.74) is 3.91. The van der Waals surface area contributed by atoms with E-state index in [0.717, 1.165) is 22.1 Å². The molecule has 4 aromatic rings. The number of allylic oxidation sites excluding steroid dienone is 1. The van der Waals surface area contributed by atoms with Gasteiger partial charge in [-0.2, -0.15) is 0 Å². The summed E-state index contributed by atoms with van der Waals surface area (Å²) in [5.74, 6) is 0.682. The molecule has 37 heavy (non-hydrogen) atoms. The number of amides is 1. The second kappa shape index (κ2) is 11.3. The number of fused-ring (bicyclic) bond motifs is 1. The van der Waals surface area contributed by atoms with Crippen LogP contribution in [0.2, 0.25) is 10.2 Å². The van der Waals surface area contributed by atoms with Crippen LogP contribution in [-0.2, 0) is 16.0 Å². The lowest BCUT2D eigenvalue weighted by molar-refractivity contribution is -0.114. The van der Waals surface area contributed by atoms with E-state index in [1.165, 1.54) is 6.08 Å². The van der Waals surface area contributed by atoms with E-state index >= 15 is 0 Å². The van der Waals surface area contributed by atoms with E-state index in [4.69, 9.17) is 32.4 Å². The van der Waals surface area contributed by atoms with Gasteiger partial charge in [-0.25, -0.2) is 4.98 Å². The Morgan fingerprint density at radius 1 is 0.973 bits per heavy atom. The highest BCUT2D eigenvalue weighted by molar-refractivity contribution is 6.35. The zero-order chi connectivity index (χ0) is 25.8. The van der Waals surface area contributed by atoms with Crippen molar-refractivity contribution in [3.05, 3.63) is 93.9 Å². The number of pyridine rings is 1. The molecule has 1 fully saturated rings. The molecule has 0 atom stereocenters. The quantitative estimate of drug-likeness (QED) is 0.200. The van der Waals surface area contributed by atoms with Crippen LogP contribution < -0.4 is 0 Å². The number of carbonyl (C=O) groups excluding carboxylic acids is 2. The average molecular weight is 535 g/mol. The van der Waals surface area contributed by atoms with E-state index < -0.39 is 0 Å². The van der Waals surface area contributed by atoms with E-state index in [-0.39, 0.29) is 11.7 Å². The van der Waals surface area contributed by atoms with Crippen molar-refractivity contribution in [1.29, 1.82) is 0 Å². The van der Waals surface area contributed by atoms with Crippen LogP contribution in [0, 0.1) is 0 Å². The highest BCUT2D eigenvalue weighted by Crippen LogP contribution is 2.33. The maximum absolute atomic E-state index is 12.7. The van der Waals surface area contributed by atoms with Crippen molar-refractivity contribution >= 4 is 51.9 Å². The van der Waals surface area contributed by atoms with Crippen molar-refractivity contribution in [3.63, 3.8) is 0 Å². The van der Waals surface area contributed by atoms with Crippen LogP contribution in [0.1, 0.15) is 28.1 Å². The second-order valence-electron chi connectivity index (χ2n) is 8.78. The summed E-state index contributed by atoms with van der Waals surface area (Å²) in [6.07, 6.45) is 5.63.